The summed E-state index contributed by atoms with van der Waals surface area (Å²) in [5.74, 6) is -0.954. The van der Waals surface area contributed by atoms with Crippen LogP contribution < -0.4 is 15.4 Å². The zero-order valence-electron chi connectivity index (χ0n) is 13.7. The number of rotatable bonds is 4. The van der Waals surface area contributed by atoms with Gasteiger partial charge >= 0.3 is 0 Å². The molecule has 1 aliphatic heterocycles. The molecule has 3 rings (SSSR count). The Kier molecular flexibility index (Phi) is 5.34. The van der Waals surface area contributed by atoms with Crippen molar-refractivity contribution in [2.24, 2.45) is 0 Å². The average Bonchev–Trinajstić information content (AvgIpc) is 2.58. The van der Waals surface area contributed by atoms with Crippen molar-refractivity contribution in [1.29, 1.82) is 0 Å². The van der Waals surface area contributed by atoms with E-state index < -0.39 is 29.8 Å². The van der Waals surface area contributed by atoms with Gasteiger partial charge in [0.2, 0.25) is 5.91 Å². The number of halogens is 3. The highest BCUT2D eigenvalue weighted by molar-refractivity contribution is 6.35. The lowest BCUT2D eigenvalue weighted by molar-refractivity contribution is -0.130. The Hall–Kier alpha value is -2.31. The maximum atomic E-state index is 13.6. The summed E-state index contributed by atoms with van der Waals surface area (Å²) in [6.45, 7) is 1.66. The van der Waals surface area contributed by atoms with Crippen LogP contribution in [0.4, 0.5) is 10.1 Å². The third-order valence-corrected chi connectivity index (χ3v) is 4.58. The Morgan fingerprint density at radius 2 is 2.04 bits per heavy atom. The zero-order chi connectivity index (χ0) is 18.8. The number of fused-ring (bicyclic) bond motifs is 1. The second-order valence-corrected chi connectivity index (χ2v) is 6.69. The molecule has 0 aliphatic carbocycles. The molecule has 1 aliphatic rings. The van der Waals surface area contributed by atoms with Crippen LogP contribution >= 0.6 is 23.2 Å². The smallest absolute Gasteiger partial charge is 0.266 e. The number of para-hydroxylation sites is 2. The number of carbonyl (C=O) groups excluding carboxylic acids is 2. The second kappa shape index (κ2) is 7.51. The number of amides is 2. The summed E-state index contributed by atoms with van der Waals surface area (Å²) >= 11 is 11.7. The van der Waals surface area contributed by atoms with E-state index in [1.807, 2.05) is 0 Å². The molecular formula is C18H15Cl2FN2O3. The van der Waals surface area contributed by atoms with E-state index in [1.54, 1.807) is 31.2 Å². The number of ether oxygens (including phenoxy) is 1. The molecule has 2 N–H and O–H groups in total. The van der Waals surface area contributed by atoms with E-state index in [-0.39, 0.29) is 16.5 Å². The van der Waals surface area contributed by atoms with Crippen molar-refractivity contribution < 1.29 is 18.7 Å². The van der Waals surface area contributed by atoms with Crippen LogP contribution in [0.5, 0.6) is 5.75 Å². The molecular weight excluding hydrogens is 382 g/mol. The molecule has 0 aromatic heterocycles. The van der Waals surface area contributed by atoms with Crippen molar-refractivity contribution in [3.8, 4) is 5.75 Å². The molecule has 8 heteroatoms. The van der Waals surface area contributed by atoms with Crippen LogP contribution in [0.25, 0.3) is 0 Å². The van der Waals surface area contributed by atoms with E-state index in [0.717, 1.165) is 0 Å². The van der Waals surface area contributed by atoms with E-state index in [1.165, 1.54) is 12.1 Å². The largest absolute Gasteiger partial charge is 0.478 e. The number of nitrogens with one attached hydrogen (secondary N) is 2. The molecule has 1 heterocycles. The summed E-state index contributed by atoms with van der Waals surface area (Å²) in [5.41, 5.74) is 0.951. The van der Waals surface area contributed by atoms with Crippen molar-refractivity contribution >= 4 is 40.7 Å². The molecule has 2 aromatic rings. The summed E-state index contributed by atoms with van der Waals surface area (Å²) in [5, 5.41) is 5.52. The predicted octanol–water partition coefficient (Wildman–Crippen LogP) is 4.10. The Labute approximate surface area is 159 Å². The van der Waals surface area contributed by atoms with Gasteiger partial charge in [0.05, 0.1) is 23.2 Å². The number of carbonyl (C=O) groups is 2. The van der Waals surface area contributed by atoms with Crippen LogP contribution in [0, 0.1) is 5.82 Å². The van der Waals surface area contributed by atoms with Crippen LogP contribution in [0.1, 0.15) is 24.9 Å². The Balaban J connectivity index is 1.66. The molecule has 0 unspecified atom stereocenters. The van der Waals surface area contributed by atoms with Gasteiger partial charge in [-0.25, -0.2) is 4.39 Å². The normalized spacial score (nSPS) is 16.9. The topological polar surface area (TPSA) is 67.4 Å². The summed E-state index contributed by atoms with van der Waals surface area (Å²) in [6.07, 6.45) is -1.13. The molecule has 2 amide bonds. The molecule has 0 spiro atoms. The number of benzene rings is 2. The van der Waals surface area contributed by atoms with E-state index in [0.29, 0.717) is 17.0 Å². The van der Waals surface area contributed by atoms with Crippen molar-refractivity contribution in [3.63, 3.8) is 0 Å². The van der Waals surface area contributed by atoms with E-state index in [9.17, 15) is 14.0 Å². The van der Waals surface area contributed by atoms with E-state index in [2.05, 4.69) is 10.6 Å². The standard InChI is InChI=1S/C18H15Cl2FN2O3/c1-9(10-6-13(21)12(20)7-11(10)19)22-17(24)8-16-18(25)23-14-4-2-3-5-15(14)26-16/h2-7,9,16H,8H2,1H3,(H,22,24)(H,23,25)/t9-,16+/m1/s1. The third-order valence-electron chi connectivity index (χ3n) is 3.96. The van der Waals surface area contributed by atoms with E-state index >= 15 is 0 Å². The van der Waals surface area contributed by atoms with Crippen LogP contribution in [0.2, 0.25) is 10.0 Å². The summed E-state index contributed by atoms with van der Waals surface area (Å²) in [4.78, 5) is 24.4. The minimum absolute atomic E-state index is 0.0942. The van der Waals surface area contributed by atoms with Crippen LogP contribution in [-0.2, 0) is 9.59 Å². The van der Waals surface area contributed by atoms with Gasteiger partial charge in [-0.3, -0.25) is 9.59 Å². The molecule has 0 radical (unpaired) electrons. The minimum atomic E-state index is -0.950. The Morgan fingerprint density at radius 1 is 1.31 bits per heavy atom. The van der Waals surface area contributed by atoms with Crippen LogP contribution in [0.15, 0.2) is 36.4 Å². The fourth-order valence-electron chi connectivity index (χ4n) is 2.64. The first-order chi connectivity index (χ1) is 12.3. The SMILES string of the molecule is C[C@@H](NC(=O)C[C@@H]1Oc2ccccc2NC1=O)c1cc(F)c(Cl)cc1Cl. The summed E-state index contributed by atoms with van der Waals surface area (Å²) < 4.78 is 19.2. The van der Waals surface area contributed by atoms with Crippen molar-refractivity contribution in [1.82, 2.24) is 5.32 Å². The molecule has 0 bridgehead atoms. The van der Waals surface area contributed by atoms with Gasteiger partial charge in [0.15, 0.2) is 6.10 Å². The van der Waals surface area contributed by atoms with Gasteiger partial charge in [-0.05, 0) is 36.8 Å². The van der Waals surface area contributed by atoms with Crippen LogP contribution in [0.3, 0.4) is 0 Å². The molecule has 0 fully saturated rings. The van der Waals surface area contributed by atoms with Crippen molar-refractivity contribution in [2.75, 3.05) is 5.32 Å². The Morgan fingerprint density at radius 3 is 2.81 bits per heavy atom. The molecule has 2 atom stereocenters. The highest BCUT2D eigenvalue weighted by Crippen LogP contribution is 2.30. The first kappa shape index (κ1) is 18.5. The van der Waals surface area contributed by atoms with Crippen LogP contribution in [-0.4, -0.2) is 17.9 Å². The Bertz CT molecular complexity index is 876. The first-order valence-electron chi connectivity index (χ1n) is 7.85. The highest BCUT2D eigenvalue weighted by Gasteiger charge is 2.30. The maximum absolute atomic E-state index is 13.6. The van der Waals surface area contributed by atoms with Gasteiger partial charge in [-0.2, -0.15) is 0 Å². The minimum Gasteiger partial charge on any atom is -0.478 e. The fourth-order valence-corrected chi connectivity index (χ4v) is 3.19. The van der Waals surface area contributed by atoms with Crippen molar-refractivity contribution in [3.05, 3.63) is 57.8 Å². The summed E-state index contributed by atoms with van der Waals surface area (Å²) in [7, 11) is 0. The molecule has 5 nitrogen and oxygen atoms in total. The zero-order valence-corrected chi connectivity index (χ0v) is 15.2. The summed E-state index contributed by atoms with van der Waals surface area (Å²) in [6, 6.07) is 8.85. The average molecular weight is 397 g/mol. The lowest BCUT2D eigenvalue weighted by atomic mass is 10.1. The fraction of sp³-hybridized carbons (Fsp3) is 0.222. The van der Waals surface area contributed by atoms with Gasteiger partial charge < -0.3 is 15.4 Å². The lowest BCUT2D eigenvalue weighted by Crippen LogP contribution is -2.41. The number of anilines is 1. The van der Waals surface area contributed by atoms with Gasteiger partial charge in [-0.15, -0.1) is 0 Å². The maximum Gasteiger partial charge on any atom is 0.266 e. The molecule has 2 aromatic carbocycles. The first-order valence-corrected chi connectivity index (χ1v) is 8.61. The van der Waals surface area contributed by atoms with E-state index in [4.69, 9.17) is 27.9 Å². The number of hydrogen-bond acceptors (Lipinski definition) is 3. The molecule has 136 valence electrons. The second-order valence-electron chi connectivity index (χ2n) is 5.87. The highest BCUT2D eigenvalue weighted by atomic mass is 35.5. The van der Waals surface area contributed by atoms with Gasteiger partial charge in [-0.1, -0.05) is 35.3 Å². The predicted molar refractivity (Wildman–Crippen MR) is 97.1 cm³/mol. The molecule has 26 heavy (non-hydrogen) atoms. The molecule has 0 saturated carbocycles. The number of hydrogen-bond donors (Lipinski definition) is 2. The lowest BCUT2D eigenvalue weighted by Gasteiger charge is -2.26. The molecule has 0 saturated heterocycles. The third kappa shape index (κ3) is 3.92. The van der Waals surface area contributed by atoms with Crippen molar-refractivity contribution in [2.45, 2.75) is 25.5 Å². The quantitative estimate of drug-likeness (QED) is 0.764. The van der Waals surface area contributed by atoms with Gasteiger partial charge in [0.1, 0.15) is 11.6 Å². The van der Waals surface area contributed by atoms with Gasteiger partial charge in [0.25, 0.3) is 5.91 Å². The van der Waals surface area contributed by atoms with Gasteiger partial charge in [0, 0.05) is 5.02 Å². The monoisotopic (exact) mass is 396 g/mol.